The van der Waals surface area contributed by atoms with E-state index in [1.54, 1.807) is 6.92 Å². The van der Waals surface area contributed by atoms with Gasteiger partial charge < -0.3 is 14.8 Å². The Morgan fingerprint density at radius 2 is 1.95 bits per heavy atom. The Bertz CT molecular complexity index is 459. The normalized spacial score (nSPS) is 10.0. The number of esters is 1. The number of hydrogen-bond donors (Lipinski definition) is 1. The monoisotopic (exact) mass is 293 g/mol. The van der Waals surface area contributed by atoms with Crippen LogP contribution in [0.4, 0.5) is 0 Å². The number of benzene rings is 1. The van der Waals surface area contributed by atoms with E-state index in [4.69, 9.17) is 9.47 Å². The van der Waals surface area contributed by atoms with Crippen LogP contribution in [0.5, 0.6) is 5.75 Å². The molecular formula is C16H23NO4. The molecule has 0 saturated carbocycles. The molecular weight excluding hydrogens is 270 g/mol. The zero-order chi connectivity index (χ0) is 15.5. The summed E-state index contributed by atoms with van der Waals surface area (Å²) in [6, 6.07) is 7.77. The van der Waals surface area contributed by atoms with Crippen LogP contribution >= 0.6 is 0 Å². The highest BCUT2D eigenvalue weighted by molar-refractivity contribution is 5.77. The molecule has 0 aromatic heterocycles. The molecule has 21 heavy (non-hydrogen) atoms. The number of para-hydroxylation sites is 1. The summed E-state index contributed by atoms with van der Waals surface area (Å²) < 4.78 is 10.4. The van der Waals surface area contributed by atoms with Crippen molar-refractivity contribution in [3.63, 3.8) is 0 Å². The number of nitrogens with one attached hydrogen (secondary N) is 1. The van der Waals surface area contributed by atoms with Crippen molar-refractivity contribution >= 4 is 11.9 Å². The van der Waals surface area contributed by atoms with E-state index < -0.39 is 0 Å². The number of hydrogen-bond acceptors (Lipinski definition) is 4. The maximum Gasteiger partial charge on any atom is 0.307 e. The van der Waals surface area contributed by atoms with Gasteiger partial charge in [0.15, 0.2) is 0 Å². The standard InChI is InChI=1S/C16H23NO4/c1-3-20-16(19)10-11-17-15(18)9-6-12-21-14-8-5-4-7-13(14)2/h4-5,7-8H,3,6,9-12H2,1-2H3,(H,17,18). The molecule has 0 saturated heterocycles. The molecule has 1 rings (SSSR count). The number of carbonyl (C=O) groups is 2. The molecule has 0 aliphatic heterocycles. The van der Waals surface area contributed by atoms with E-state index in [0.717, 1.165) is 11.3 Å². The SMILES string of the molecule is CCOC(=O)CCNC(=O)CCCOc1ccccc1C. The van der Waals surface area contributed by atoms with E-state index in [1.807, 2.05) is 31.2 Å². The van der Waals surface area contributed by atoms with Crippen LogP contribution in [0.15, 0.2) is 24.3 Å². The fourth-order valence-corrected chi connectivity index (χ4v) is 1.76. The van der Waals surface area contributed by atoms with Gasteiger partial charge in [-0.2, -0.15) is 0 Å². The third-order valence-corrected chi connectivity index (χ3v) is 2.86. The molecule has 0 aliphatic carbocycles. The molecule has 0 heterocycles. The topological polar surface area (TPSA) is 64.6 Å². The van der Waals surface area contributed by atoms with Gasteiger partial charge in [-0.25, -0.2) is 0 Å². The van der Waals surface area contributed by atoms with Crippen LogP contribution < -0.4 is 10.1 Å². The summed E-state index contributed by atoms with van der Waals surface area (Å²) in [6.07, 6.45) is 1.23. The first-order chi connectivity index (χ1) is 10.1. The maximum absolute atomic E-state index is 11.5. The Hall–Kier alpha value is -2.04. The fourth-order valence-electron chi connectivity index (χ4n) is 1.76. The second kappa shape index (κ2) is 9.80. The molecule has 1 aromatic carbocycles. The van der Waals surface area contributed by atoms with Crippen LogP contribution in [-0.2, 0) is 14.3 Å². The molecule has 0 atom stereocenters. The second-order valence-corrected chi connectivity index (χ2v) is 4.62. The van der Waals surface area contributed by atoms with E-state index in [0.29, 0.717) is 32.6 Å². The lowest BCUT2D eigenvalue weighted by Gasteiger charge is -2.09. The Morgan fingerprint density at radius 1 is 1.19 bits per heavy atom. The third-order valence-electron chi connectivity index (χ3n) is 2.86. The van der Waals surface area contributed by atoms with Crippen LogP contribution in [0, 0.1) is 6.92 Å². The van der Waals surface area contributed by atoms with E-state index in [-0.39, 0.29) is 18.3 Å². The van der Waals surface area contributed by atoms with Crippen molar-refractivity contribution in [2.45, 2.75) is 33.1 Å². The predicted octanol–water partition coefficient (Wildman–Crippen LogP) is 2.22. The quantitative estimate of drug-likeness (QED) is 0.560. The smallest absolute Gasteiger partial charge is 0.307 e. The highest BCUT2D eigenvalue weighted by atomic mass is 16.5. The second-order valence-electron chi connectivity index (χ2n) is 4.62. The van der Waals surface area contributed by atoms with Gasteiger partial charge in [-0.05, 0) is 31.9 Å². The number of carbonyl (C=O) groups excluding carboxylic acids is 2. The lowest BCUT2D eigenvalue weighted by atomic mass is 10.2. The number of ether oxygens (including phenoxy) is 2. The molecule has 1 aromatic rings. The molecule has 1 amide bonds. The molecule has 0 aliphatic rings. The van der Waals surface area contributed by atoms with Crippen LogP contribution in [0.1, 0.15) is 31.7 Å². The van der Waals surface area contributed by atoms with Crippen molar-refractivity contribution in [3.05, 3.63) is 29.8 Å². The number of rotatable bonds is 9. The molecule has 0 spiro atoms. The Kier molecular flexibility index (Phi) is 7.94. The van der Waals surface area contributed by atoms with Gasteiger partial charge in [-0.15, -0.1) is 0 Å². The Balaban J connectivity index is 2.08. The summed E-state index contributed by atoms with van der Waals surface area (Å²) in [5.41, 5.74) is 1.08. The summed E-state index contributed by atoms with van der Waals surface area (Å²) in [6.45, 7) is 4.91. The van der Waals surface area contributed by atoms with Gasteiger partial charge in [-0.1, -0.05) is 18.2 Å². The highest BCUT2D eigenvalue weighted by Gasteiger charge is 2.05. The summed E-state index contributed by atoms with van der Waals surface area (Å²) in [5.74, 6) is 0.480. The lowest BCUT2D eigenvalue weighted by molar-refractivity contribution is -0.143. The molecule has 5 heteroatoms. The first kappa shape index (κ1) is 17.0. The van der Waals surface area contributed by atoms with Gasteiger partial charge in [0.05, 0.1) is 19.6 Å². The summed E-state index contributed by atoms with van der Waals surface area (Å²) in [4.78, 5) is 22.6. The van der Waals surface area contributed by atoms with Gasteiger partial charge in [0.25, 0.3) is 0 Å². The average molecular weight is 293 g/mol. The average Bonchev–Trinajstić information content (AvgIpc) is 2.45. The molecule has 0 unspecified atom stereocenters. The molecule has 0 fully saturated rings. The van der Waals surface area contributed by atoms with Crippen molar-refractivity contribution < 1.29 is 19.1 Å². The van der Waals surface area contributed by atoms with Crippen LogP contribution in [0.2, 0.25) is 0 Å². The molecule has 0 bridgehead atoms. The van der Waals surface area contributed by atoms with Gasteiger partial charge in [0.1, 0.15) is 5.75 Å². The fraction of sp³-hybridized carbons (Fsp3) is 0.500. The van der Waals surface area contributed by atoms with Gasteiger partial charge in [0, 0.05) is 13.0 Å². The van der Waals surface area contributed by atoms with Crippen molar-refractivity contribution in [1.82, 2.24) is 5.32 Å². The van der Waals surface area contributed by atoms with Gasteiger partial charge in [-0.3, -0.25) is 9.59 Å². The van der Waals surface area contributed by atoms with E-state index >= 15 is 0 Å². The van der Waals surface area contributed by atoms with Crippen molar-refractivity contribution in [1.29, 1.82) is 0 Å². The highest BCUT2D eigenvalue weighted by Crippen LogP contribution is 2.16. The number of aryl methyl sites for hydroxylation is 1. The van der Waals surface area contributed by atoms with Crippen molar-refractivity contribution in [2.24, 2.45) is 0 Å². The molecule has 1 N–H and O–H groups in total. The minimum atomic E-state index is -0.291. The van der Waals surface area contributed by atoms with Crippen LogP contribution in [0.3, 0.4) is 0 Å². The number of amides is 1. The van der Waals surface area contributed by atoms with Gasteiger partial charge in [0.2, 0.25) is 5.91 Å². The van der Waals surface area contributed by atoms with E-state index in [2.05, 4.69) is 5.32 Å². The summed E-state index contributed by atoms with van der Waals surface area (Å²) in [7, 11) is 0. The van der Waals surface area contributed by atoms with E-state index in [9.17, 15) is 9.59 Å². The van der Waals surface area contributed by atoms with E-state index in [1.165, 1.54) is 0 Å². The Morgan fingerprint density at radius 3 is 2.67 bits per heavy atom. The summed E-state index contributed by atoms with van der Waals surface area (Å²) in [5, 5.41) is 2.69. The minimum absolute atomic E-state index is 0.0762. The first-order valence-corrected chi connectivity index (χ1v) is 7.24. The predicted molar refractivity (Wildman–Crippen MR) is 80.2 cm³/mol. The first-order valence-electron chi connectivity index (χ1n) is 7.24. The van der Waals surface area contributed by atoms with Crippen molar-refractivity contribution in [3.8, 4) is 5.75 Å². The van der Waals surface area contributed by atoms with Gasteiger partial charge >= 0.3 is 5.97 Å². The zero-order valence-corrected chi connectivity index (χ0v) is 12.7. The molecule has 0 radical (unpaired) electrons. The van der Waals surface area contributed by atoms with Crippen LogP contribution in [-0.4, -0.2) is 31.6 Å². The lowest BCUT2D eigenvalue weighted by Crippen LogP contribution is -2.26. The molecule has 116 valence electrons. The summed E-state index contributed by atoms with van der Waals surface area (Å²) >= 11 is 0. The van der Waals surface area contributed by atoms with Crippen LogP contribution in [0.25, 0.3) is 0 Å². The maximum atomic E-state index is 11.5. The molecule has 5 nitrogen and oxygen atoms in total. The third kappa shape index (κ3) is 7.34. The van der Waals surface area contributed by atoms with Crippen molar-refractivity contribution in [2.75, 3.05) is 19.8 Å². The largest absolute Gasteiger partial charge is 0.493 e. The minimum Gasteiger partial charge on any atom is -0.493 e. The Labute approximate surface area is 125 Å². The zero-order valence-electron chi connectivity index (χ0n) is 12.7.